The molecule has 0 aliphatic carbocycles. The lowest BCUT2D eigenvalue weighted by Gasteiger charge is -2.21. The van der Waals surface area contributed by atoms with Gasteiger partial charge < -0.3 is 0 Å². The molecule has 0 aromatic heterocycles. The van der Waals surface area contributed by atoms with E-state index in [4.69, 9.17) is 11.6 Å². The van der Waals surface area contributed by atoms with Gasteiger partial charge in [-0.05, 0) is 17.5 Å². The molecular weight excluding hydrogens is 282 g/mol. The number of aryl methyl sites for hydroxylation is 1. The SMILES string of the molecule is CCc1ccc(CCl)c(C(F)(F)F)c1C(F)(F)F. The van der Waals surface area contributed by atoms with E-state index in [9.17, 15) is 26.3 Å². The lowest BCUT2D eigenvalue weighted by molar-refractivity contribution is -0.162. The molecule has 18 heavy (non-hydrogen) atoms. The number of halogens is 7. The second kappa shape index (κ2) is 4.99. The van der Waals surface area contributed by atoms with Crippen molar-refractivity contribution in [1.29, 1.82) is 0 Å². The number of hydrogen-bond donors (Lipinski definition) is 0. The zero-order valence-corrected chi connectivity index (χ0v) is 9.97. The van der Waals surface area contributed by atoms with E-state index in [1.54, 1.807) is 0 Å². The highest BCUT2D eigenvalue weighted by atomic mass is 35.5. The van der Waals surface area contributed by atoms with E-state index in [0.717, 1.165) is 12.1 Å². The second-order valence-corrected chi connectivity index (χ2v) is 3.88. The Hall–Kier alpha value is -0.910. The molecule has 0 saturated heterocycles. The van der Waals surface area contributed by atoms with Crippen LogP contribution >= 0.6 is 11.6 Å². The third kappa shape index (κ3) is 2.91. The fourth-order valence-corrected chi connectivity index (χ4v) is 1.97. The Labute approximate surface area is 105 Å². The summed E-state index contributed by atoms with van der Waals surface area (Å²) in [6.45, 7) is 1.37. The molecule has 102 valence electrons. The Balaban J connectivity index is 3.71. The topological polar surface area (TPSA) is 0 Å². The Morgan fingerprint density at radius 3 is 1.61 bits per heavy atom. The number of benzene rings is 1. The molecule has 0 atom stereocenters. The van der Waals surface area contributed by atoms with Gasteiger partial charge in [0, 0.05) is 5.88 Å². The van der Waals surface area contributed by atoms with Crippen LogP contribution in [0.3, 0.4) is 0 Å². The molecule has 0 fully saturated rings. The maximum atomic E-state index is 12.8. The van der Waals surface area contributed by atoms with Gasteiger partial charge in [-0.15, -0.1) is 11.6 Å². The lowest BCUT2D eigenvalue weighted by Crippen LogP contribution is -2.21. The molecule has 7 heteroatoms. The molecule has 0 spiro atoms. The summed E-state index contributed by atoms with van der Waals surface area (Å²) in [5, 5.41) is 0. The van der Waals surface area contributed by atoms with Gasteiger partial charge in [-0.25, -0.2) is 0 Å². The van der Waals surface area contributed by atoms with Gasteiger partial charge in [0.05, 0.1) is 11.1 Å². The first kappa shape index (κ1) is 15.1. The van der Waals surface area contributed by atoms with E-state index in [-0.39, 0.29) is 12.0 Å². The summed E-state index contributed by atoms with van der Waals surface area (Å²) in [6.07, 6.45) is -10.3. The molecule has 0 nitrogen and oxygen atoms in total. The predicted octanol–water partition coefficient (Wildman–Crippen LogP) is 5.03. The Morgan fingerprint density at radius 1 is 0.889 bits per heavy atom. The van der Waals surface area contributed by atoms with Crippen LogP contribution in [-0.2, 0) is 24.7 Å². The molecule has 0 radical (unpaired) electrons. The van der Waals surface area contributed by atoms with Gasteiger partial charge in [0.15, 0.2) is 0 Å². The fraction of sp³-hybridized carbons (Fsp3) is 0.455. The van der Waals surface area contributed by atoms with Crippen LogP contribution in [0.4, 0.5) is 26.3 Å². The molecule has 0 aliphatic rings. The van der Waals surface area contributed by atoms with Gasteiger partial charge in [0.25, 0.3) is 0 Å². The van der Waals surface area contributed by atoms with Crippen molar-refractivity contribution in [3.63, 3.8) is 0 Å². The largest absolute Gasteiger partial charge is 0.417 e. The van der Waals surface area contributed by atoms with E-state index >= 15 is 0 Å². The number of alkyl halides is 7. The monoisotopic (exact) mass is 290 g/mol. The molecule has 1 aromatic carbocycles. The Kier molecular flexibility index (Phi) is 4.20. The Morgan fingerprint density at radius 2 is 1.28 bits per heavy atom. The molecule has 0 aliphatic heterocycles. The zero-order valence-electron chi connectivity index (χ0n) is 9.21. The third-order valence-electron chi connectivity index (χ3n) is 2.47. The van der Waals surface area contributed by atoms with Crippen molar-refractivity contribution < 1.29 is 26.3 Å². The highest BCUT2D eigenvalue weighted by molar-refractivity contribution is 6.17. The zero-order chi connectivity index (χ0) is 14.1. The standard InChI is InChI=1S/C11H9ClF6/c1-2-6-3-4-7(5-12)9(11(16,17)18)8(6)10(13,14)15/h3-4H,2,5H2,1H3. The lowest BCUT2D eigenvalue weighted by atomic mass is 9.94. The van der Waals surface area contributed by atoms with Gasteiger partial charge in [-0.2, -0.15) is 26.3 Å². The second-order valence-electron chi connectivity index (χ2n) is 3.62. The number of hydrogen-bond acceptors (Lipinski definition) is 0. The highest BCUT2D eigenvalue weighted by Gasteiger charge is 2.45. The minimum atomic E-state index is -5.08. The molecule has 0 amide bonds. The van der Waals surface area contributed by atoms with Crippen molar-refractivity contribution in [3.8, 4) is 0 Å². The smallest absolute Gasteiger partial charge is 0.166 e. The van der Waals surface area contributed by atoms with E-state index in [2.05, 4.69) is 0 Å². The quantitative estimate of drug-likeness (QED) is 0.529. The highest BCUT2D eigenvalue weighted by Crippen LogP contribution is 2.44. The number of rotatable bonds is 2. The molecular formula is C11H9ClF6. The first-order chi connectivity index (χ1) is 8.12. The van der Waals surface area contributed by atoms with Gasteiger partial charge >= 0.3 is 12.4 Å². The van der Waals surface area contributed by atoms with Gasteiger partial charge in [0.2, 0.25) is 0 Å². The van der Waals surface area contributed by atoms with Crippen LogP contribution in [0.25, 0.3) is 0 Å². The summed E-state index contributed by atoms with van der Waals surface area (Å²) in [5.74, 6) is -0.623. The van der Waals surface area contributed by atoms with Crippen LogP contribution in [0.2, 0.25) is 0 Å². The van der Waals surface area contributed by atoms with E-state index in [1.165, 1.54) is 6.92 Å². The van der Waals surface area contributed by atoms with Crippen molar-refractivity contribution in [2.45, 2.75) is 31.6 Å². The van der Waals surface area contributed by atoms with Crippen molar-refractivity contribution in [1.82, 2.24) is 0 Å². The van der Waals surface area contributed by atoms with Crippen LogP contribution in [0.5, 0.6) is 0 Å². The van der Waals surface area contributed by atoms with Crippen molar-refractivity contribution in [2.24, 2.45) is 0 Å². The normalized spacial score (nSPS) is 12.9. The molecule has 0 heterocycles. The molecule has 0 N–H and O–H groups in total. The summed E-state index contributed by atoms with van der Waals surface area (Å²) in [7, 11) is 0. The molecule has 0 saturated carbocycles. The minimum Gasteiger partial charge on any atom is -0.166 e. The molecule has 0 unspecified atom stereocenters. The average molecular weight is 291 g/mol. The van der Waals surface area contributed by atoms with E-state index < -0.39 is 34.9 Å². The summed E-state index contributed by atoms with van der Waals surface area (Å²) in [5.41, 5.74) is -4.25. The maximum Gasteiger partial charge on any atom is 0.417 e. The van der Waals surface area contributed by atoms with Crippen molar-refractivity contribution in [3.05, 3.63) is 34.4 Å². The summed E-state index contributed by atoms with van der Waals surface area (Å²) < 4.78 is 76.8. The fourth-order valence-electron chi connectivity index (χ4n) is 1.74. The van der Waals surface area contributed by atoms with E-state index in [1.807, 2.05) is 0 Å². The van der Waals surface area contributed by atoms with E-state index in [0.29, 0.717) is 0 Å². The summed E-state index contributed by atoms with van der Waals surface area (Å²) in [4.78, 5) is 0. The predicted molar refractivity (Wildman–Crippen MR) is 55.4 cm³/mol. The van der Waals surface area contributed by atoms with Crippen LogP contribution in [0.1, 0.15) is 29.2 Å². The Bertz CT molecular complexity index is 391. The van der Waals surface area contributed by atoms with Crippen LogP contribution in [0.15, 0.2) is 12.1 Å². The van der Waals surface area contributed by atoms with Crippen LogP contribution in [-0.4, -0.2) is 0 Å². The van der Waals surface area contributed by atoms with Crippen LogP contribution in [0, 0.1) is 0 Å². The summed E-state index contributed by atoms with van der Waals surface area (Å²) in [6, 6.07) is 2.03. The molecule has 1 rings (SSSR count). The maximum absolute atomic E-state index is 12.8. The van der Waals surface area contributed by atoms with Gasteiger partial charge in [-0.3, -0.25) is 0 Å². The molecule has 1 aromatic rings. The summed E-state index contributed by atoms with van der Waals surface area (Å²) >= 11 is 5.29. The van der Waals surface area contributed by atoms with Crippen molar-refractivity contribution >= 4 is 11.6 Å². The minimum absolute atomic E-state index is 0.138. The van der Waals surface area contributed by atoms with Crippen LogP contribution < -0.4 is 0 Å². The first-order valence-corrected chi connectivity index (χ1v) is 5.51. The van der Waals surface area contributed by atoms with Gasteiger partial charge in [-0.1, -0.05) is 19.1 Å². The molecule has 0 bridgehead atoms. The average Bonchev–Trinajstić information content (AvgIpc) is 2.24. The first-order valence-electron chi connectivity index (χ1n) is 4.98. The van der Waals surface area contributed by atoms with Crippen molar-refractivity contribution in [2.75, 3.05) is 0 Å². The van der Waals surface area contributed by atoms with Gasteiger partial charge in [0.1, 0.15) is 0 Å². The third-order valence-corrected chi connectivity index (χ3v) is 2.76.